The number of benzene rings is 1. The van der Waals surface area contributed by atoms with Gasteiger partial charge in [-0.15, -0.1) is 0 Å². The number of carbonyl (C=O) groups is 1. The predicted octanol–water partition coefficient (Wildman–Crippen LogP) is 3.28. The highest BCUT2D eigenvalue weighted by Crippen LogP contribution is 2.25. The molecule has 1 aromatic rings. The van der Waals surface area contributed by atoms with Crippen molar-refractivity contribution >= 4 is 11.7 Å². The van der Waals surface area contributed by atoms with Crippen molar-refractivity contribution in [1.29, 1.82) is 0 Å². The van der Waals surface area contributed by atoms with Crippen molar-refractivity contribution in [3.05, 3.63) is 29.3 Å². The molecule has 0 bridgehead atoms. The van der Waals surface area contributed by atoms with Gasteiger partial charge < -0.3 is 10.5 Å². The molecule has 2 N–H and O–H groups in total. The topological polar surface area (TPSA) is 52.3 Å². The van der Waals surface area contributed by atoms with Crippen LogP contribution in [0.2, 0.25) is 0 Å². The van der Waals surface area contributed by atoms with E-state index in [9.17, 15) is 13.6 Å². The van der Waals surface area contributed by atoms with Gasteiger partial charge in [0.05, 0.1) is 12.3 Å². The highest BCUT2D eigenvalue weighted by atomic mass is 19.1. The average molecular weight is 269 g/mol. The number of esters is 1. The first kappa shape index (κ1) is 13.8. The van der Waals surface area contributed by atoms with Crippen LogP contribution in [-0.4, -0.2) is 12.6 Å². The Labute approximate surface area is 110 Å². The summed E-state index contributed by atoms with van der Waals surface area (Å²) in [7, 11) is 0. The Bertz CT molecular complexity index is 471. The molecule has 1 fully saturated rings. The second-order valence-electron chi connectivity index (χ2n) is 4.93. The van der Waals surface area contributed by atoms with Gasteiger partial charge in [0.2, 0.25) is 0 Å². The zero-order valence-corrected chi connectivity index (χ0v) is 10.6. The van der Waals surface area contributed by atoms with E-state index in [2.05, 4.69) is 0 Å². The smallest absolute Gasteiger partial charge is 0.344 e. The van der Waals surface area contributed by atoms with Crippen molar-refractivity contribution < 1.29 is 18.3 Å². The van der Waals surface area contributed by atoms with E-state index in [-0.39, 0.29) is 12.3 Å². The summed E-state index contributed by atoms with van der Waals surface area (Å²) >= 11 is 0. The standard InChI is InChI=1S/C14H17F2NO2/c15-10-6-7-11(17)13(16)12(10)14(18)19-8-9-4-2-1-3-5-9/h6-7,9H,1-5,8,17H2. The summed E-state index contributed by atoms with van der Waals surface area (Å²) in [6, 6.07) is 2.05. The Kier molecular flexibility index (Phi) is 4.35. The van der Waals surface area contributed by atoms with Crippen molar-refractivity contribution in [1.82, 2.24) is 0 Å². The van der Waals surface area contributed by atoms with E-state index >= 15 is 0 Å². The van der Waals surface area contributed by atoms with Crippen LogP contribution in [0.15, 0.2) is 12.1 Å². The van der Waals surface area contributed by atoms with E-state index in [1.807, 2.05) is 0 Å². The van der Waals surface area contributed by atoms with Crippen LogP contribution in [-0.2, 0) is 4.74 Å². The molecule has 1 aliphatic rings. The molecule has 0 aliphatic heterocycles. The Morgan fingerprint density at radius 1 is 1.26 bits per heavy atom. The number of rotatable bonds is 3. The first-order chi connectivity index (χ1) is 9.09. The second-order valence-corrected chi connectivity index (χ2v) is 4.93. The van der Waals surface area contributed by atoms with Crippen LogP contribution in [0, 0.1) is 17.6 Å². The Morgan fingerprint density at radius 3 is 2.63 bits per heavy atom. The fourth-order valence-electron chi connectivity index (χ4n) is 2.38. The molecule has 1 aliphatic carbocycles. The maximum Gasteiger partial charge on any atom is 0.344 e. The number of halogens is 2. The second kappa shape index (κ2) is 5.99. The molecule has 0 unspecified atom stereocenters. The maximum atomic E-state index is 13.6. The lowest BCUT2D eigenvalue weighted by Crippen LogP contribution is -2.18. The first-order valence-corrected chi connectivity index (χ1v) is 6.50. The zero-order valence-electron chi connectivity index (χ0n) is 10.6. The molecule has 0 spiro atoms. The van der Waals surface area contributed by atoms with Gasteiger partial charge in [0.15, 0.2) is 5.82 Å². The van der Waals surface area contributed by atoms with Crippen LogP contribution in [0.4, 0.5) is 14.5 Å². The fourth-order valence-corrected chi connectivity index (χ4v) is 2.38. The molecular weight excluding hydrogens is 252 g/mol. The molecule has 0 radical (unpaired) electrons. The quantitative estimate of drug-likeness (QED) is 0.676. The number of carbonyl (C=O) groups excluding carboxylic acids is 1. The summed E-state index contributed by atoms with van der Waals surface area (Å²) in [6.45, 7) is 0.215. The lowest BCUT2D eigenvalue weighted by atomic mass is 9.90. The molecule has 5 heteroatoms. The number of anilines is 1. The summed E-state index contributed by atoms with van der Waals surface area (Å²) in [5, 5.41) is 0. The van der Waals surface area contributed by atoms with E-state index in [4.69, 9.17) is 10.5 Å². The van der Waals surface area contributed by atoms with Gasteiger partial charge in [-0.1, -0.05) is 19.3 Å². The number of hydrogen-bond acceptors (Lipinski definition) is 3. The molecule has 0 saturated heterocycles. The van der Waals surface area contributed by atoms with Gasteiger partial charge >= 0.3 is 5.97 Å². The van der Waals surface area contributed by atoms with Gasteiger partial charge in [0, 0.05) is 0 Å². The van der Waals surface area contributed by atoms with Gasteiger partial charge in [-0.25, -0.2) is 13.6 Å². The molecule has 0 amide bonds. The third kappa shape index (κ3) is 3.22. The highest BCUT2D eigenvalue weighted by Gasteiger charge is 2.22. The lowest BCUT2D eigenvalue weighted by molar-refractivity contribution is 0.0399. The Balaban J connectivity index is 2.01. The van der Waals surface area contributed by atoms with Crippen LogP contribution in [0.25, 0.3) is 0 Å². The maximum absolute atomic E-state index is 13.6. The summed E-state index contributed by atoms with van der Waals surface area (Å²) in [6.07, 6.45) is 5.42. The lowest BCUT2D eigenvalue weighted by Gasteiger charge is -2.21. The Hall–Kier alpha value is -1.65. The zero-order chi connectivity index (χ0) is 13.8. The van der Waals surface area contributed by atoms with E-state index in [0.29, 0.717) is 5.92 Å². The molecule has 1 saturated carbocycles. The summed E-state index contributed by atoms with van der Waals surface area (Å²) < 4.78 is 32.1. The van der Waals surface area contributed by atoms with Gasteiger partial charge in [0.1, 0.15) is 11.4 Å². The molecule has 0 atom stereocenters. The molecular formula is C14H17F2NO2. The van der Waals surface area contributed by atoms with E-state index in [1.54, 1.807) is 0 Å². The molecule has 19 heavy (non-hydrogen) atoms. The minimum Gasteiger partial charge on any atom is -0.462 e. The first-order valence-electron chi connectivity index (χ1n) is 6.50. The van der Waals surface area contributed by atoms with Crippen molar-refractivity contribution in [2.24, 2.45) is 5.92 Å². The summed E-state index contributed by atoms with van der Waals surface area (Å²) in [5.41, 5.74) is 4.36. The molecule has 3 nitrogen and oxygen atoms in total. The molecule has 0 aromatic heterocycles. The average Bonchev–Trinajstić information content (AvgIpc) is 2.42. The monoisotopic (exact) mass is 269 g/mol. The van der Waals surface area contributed by atoms with Crippen LogP contribution < -0.4 is 5.73 Å². The number of nitrogen functional groups attached to an aromatic ring is 1. The number of ether oxygens (including phenoxy) is 1. The minimum absolute atomic E-state index is 0.215. The number of hydrogen-bond donors (Lipinski definition) is 1. The number of nitrogens with two attached hydrogens (primary N) is 1. The summed E-state index contributed by atoms with van der Waals surface area (Å²) in [5.74, 6) is -2.67. The van der Waals surface area contributed by atoms with Crippen LogP contribution in [0.1, 0.15) is 42.5 Å². The molecule has 0 heterocycles. The molecule has 104 valence electrons. The van der Waals surface area contributed by atoms with Crippen LogP contribution in [0.5, 0.6) is 0 Å². The van der Waals surface area contributed by atoms with Crippen molar-refractivity contribution in [3.63, 3.8) is 0 Å². The van der Waals surface area contributed by atoms with Gasteiger partial charge in [0.25, 0.3) is 0 Å². The van der Waals surface area contributed by atoms with Crippen molar-refractivity contribution in [2.75, 3.05) is 12.3 Å². The highest BCUT2D eigenvalue weighted by molar-refractivity contribution is 5.91. The molecule has 2 rings (SSSR count). The van der Waals surface area contributed by atoms with Crippen molar-refractivity contribution in [3.8, 4) is 0 Å². The minimum atomic E-state index is -1.05. The third-order valence-electron chi connectivity index (χ3n) is 3.50. The van der Waals surface area contributed by atoms with Crippen LogP contribution in [0.3, 0.4) is 0 Å². The summed E-state index contributed by atoms with van der Waals surface area (Å²) in [4.78, 5) is 11.7. The predicted molar refractivity (Wildman–Crippen MR) is 67.6 cm³/mol. The third-order valence-corrected chi connectivity index (χ3v) is 3.50. The SMILES string of the molecule is Nc1ccc(F)c(C(=O)OCC2CCCCC2)c1F. The van der Waals surface area contributed by atoms with Crippen LogP contribution >= 0.6 is 0 Å². The fraction of sp³-hybridized carbons (Fsp3) is 0.500. The Morgan fingerprint density at radius 2 is 1.95 bits per heavy atom. The van der Waals surface area contributed by atoms with E-state index < -0.39 is 23.2 Å². The van der Waals surface area contributed by atoms with E-state index in [1.165, 1.54) is 6.42 Å². The normalized spacial score (nSPS) is 16.3. The van der Waals surface area contributed by atoms with E-state index in [0.717, 1.165) is 37.8 Å². The van der Waals surface area contributed by atoms with Gasteiger partial charge in [-0.05, 0) is 30.9 Å². The van der Waals surface area contributed by atoms with Gasteiger partial charge in [-0.2, -0.15) is 0 Å². The largest absolute Gasteiger partial charge is 0.462 e. The molecule has 1 aromatic carbocycles. The van der Waals surface area contributed by atoms with Crippen molar-refractivity contribution in [2.45, 2.75) is 32.1 Å². The van der Waals surface area contributed by atoms with Gasteiger partial charge in [-0.3, -0.25) is 0 Å².